The van der Waals surface area contributed by atoms with Gasteiger partial charge in [-0.25, -0.2) is 0 Å². The van der Waals surface area contributed by atoms with Gasteiger partial charge in [0.05, 0.1) is 26.4 Å². The highest BCUT2D eigenvalue weighted by Crippen LogP contribution is 2.17. The molecule has 306 valence electrons. The van der Waals surface area contributed by atoms with E-state index in [4.69, 9.17) is 38.3 Å². The summed E-state index contributed by atoms with van der Waals surface area (Å²) in [6.07, 6.45) is 8.23. The van der Waals surface area contributed by atoms with Crippen LogP contribution in [0.25, 0.3) is 12.2 Å². The summed E-state index contributed by atoms with van der Waals surface area (Å²) < 4.78 is 40.7. The zero-order chi connectivity index (χ0) is 40.9. The summed E-state index contributed by atoms with van der Waals surface area (Å²) in [6, 6.07) is 29.0. The summed E-state index contributed by atoms with van der Waals surface area (Å²) in [5, 5.41) is 9.67. The van der Waals surface area contributed by atoms with Gasteiger partial charge >= 0.3 is 0 Å². The molecule has 0 aliphatic carbocycles. The van der Waals surface area contributed by atoms with Crippen molar-refractivity contribution in [1.82, 2.24) is 0 Å². The number of benzene rings is 4. The van der Waals surface area contributed by atoms with E-state index in [0.717, 1.165) is 66.1 Å². The number of phenols is 1. The van der Waals surface area contributed by atoms with Crippen molar-refractivity contribution < 1.29 is 52.6 Å². The zero-order valence-electron chi connectivity index (χ0n) is 32.9. The maximum absolute atomic E-state index is 10.3. The van der Waals surface area contributed by atoms with Crippen molar-refractivity contribution >= 4 is 40.7 Å². The van der Waals surface area contributed by atoms with Crippen LogP contribution in [-0.2, 0) is 23.7 Å². The third kappa shape index (κ3) is 26.3. The van der Waals surface area contributed by atoms with E-state index in [1.165, 1.54) is 25.0 Å². The van der Waals surface area contributed by atoms with E-state index in [-0.39, 0.29) is 5.75 Å². The highest BCUT2D eigenvalue weighted by molar-refractivity contribution is 9.09. The van der Waals surface area contributed by atoms with Crippen LogP contribution in [0.15, 0.2) is 97.1 Å². The molecule has 0 spiro atoms. The first-order valence-electron chi connectivity index (χ1n) is 18.1. The van der Waals surface area contributed by atoms with E-state index < -0.39 is 0 Å². The molecule has 0 aromatic heterocycles. The van der Waals surface area contributed by atoms with Crippen LogP contribution in [0.4, 0.5) is 0 Å². The van der Waals surface area contributed by atoms with Crippen LogP contribution in [0.5, 0.6) is 23.0 Å². The Hall–Kier alpha value is -4.56. The highest BCUT2D eigenvalue weighted by atomic mass is 79.9. The van der Waals surface area contributed by atoms with Crippen molar-refractivity contribution in [2.75, 3.05) is 93.2 Å². The van der Waals surface area contributed by atoms with Gasteiger partial charge in [0.2, 0.25) is 0 Å². The van der Waals surface area contributed by atoms with Crippen LogP contribution in [-0.4, -0.2) is 111 Å². The van der Waals surface area contributed by atoms with Gasteiger partial charge in [-0.3, -0.25) is 9.59 Å². The van der Waals surface area contributed by atoms with Crippen LogP contribution in [0, 0.1) is 0 Å². The lowest BCUT2D eigenvalue weighted by molar-refractivity contribution is 0.111. The normalized spacial score (nSPS) is 11.2. The largest absolute Gasteiger partial charge is 0.508 e. The number of phenolic OH excluding ortho intramolecular Hbond substituents is 1. The number of aromatic hydroxyl groups is 1. The average molecular weight is 842 g/mol. The summed E-state index contributed by atoms with van der Waals surface area (Å²) in [4.78, 5) is 20.4. The highest BCUT2D eigenvalue weighted by Gasteiger charge is 1.97. The van der Waals surface area contributed by atoms with Gasteiger partial charge in [0, 0.05) is 58.1 Å². The molecule has 0 saturated carbocycles. The van der Waals surface area contributed by atoms with Gasteiger partial charge in [0.1, 0.15) is 55.4 Å². The van der Waals surface area contributed by atoms with E-state index in [0.29, 0.717) is 50.8 Å². The molecule has 0 unspecified atom stereocenters. The van der Waals surface area contributed by atoms with Crippen molar-refractivity contribution in [3.63, 3.8) is 0 Å². The Morgan fingerprint density at radius 2 is 0.821 bits per heavy atom. The summed E-state index contributed by atoms with van der Waals surface area (Å²) in [6.45, 7) is 6.20. The summed E-state index contributed by atoms with van der Waals surface area (Å²) in [5.41, 5.74) is 3.47. The van der Waals surface area contributed by atoms with Gasteiger partial charge in [-0.05, 0) is 96.8 Å². The quantitative estimate of drug-likeness (QED) is 0.0449. The maximum atomic E-state index is 10.3. The summed E-state index contributed by atoms with van der Waals surface area (Å²) >= 11 is 3.18. The Balaban J connectivity index is 0.000000406. The first-order valence-corrected chi connectivity index (χ1v) is 19.2. The lowest BCUT2D eigenvalue weighted by atomic mass is 10.1. The number of methoxy groups -OCH3 is 4. The number of carbonyl (C=O) groups excluding carboxylic acids is 2. The molecule has 0 atom stereocenters. The molecule has 1 fully saturated rings. The fourth-order valence-corrected chi connectivity index (χ4v) is 4.38. The molecule has 4 aromatic carbocycles. The number of rotatable bonds is 18. The van der Waals surface area contributed by atoms with E-state index >= 15 is 0 Å². The number of aldehydes is 2. The third-order valence-corrected chi connectivity index (χ3v) is 7.37. The van der Waals surface area contributed by atoms with Gasteiger partial charge < -0.3 is 43.0 Å². The second-order valence-corrected chi connectivity index (χ2v) is 12.2. The Morgan fingerprint density at radius 1 is 0.500 bits per heavy atom. The van der Waals surface area contributed by atoms with Gasteiger partial charge in [-0.15, -0.1) is 0 Å². The predicted octanol–water partition coefficient (Wildman–Crippen LogP) is 8.46. The van der Waals surface area contributed by atoms with Crippen LogP contribution in [0.3, 0.4) is 0 Å². The van der Waals surface area contributed by atoms with Gasteiger partial charge in [-0.2, -0.15) is 0 Å². The van der Waals surface area contributed by atoms with E-state index in [2.05, 4.69) is 32.8 Å². The number of ether oxygens (including phenoxy) is 8. The lowest BCUT2D eigenvalue weighted by Crippen LogP contribution is -2.03. The van der Waals surface area contributed by atoms with Crippen molar-refractivity contribution in [2.45, 2.75) is 12.8 Å². The summed E-state index contributed by atoms with van der Waals surface area (Å²) in [5.74, 6) is 2.63. The smallest absolute Gasteiger partial charge is 0.150 e. The van der Waals surface area contributed by atoms with E-state index in [1.807, 2.05) is 48.5 Å². The second-order valence-electron chi connectivity index (χ2n) is 11.4. The third-order valence-electron chi connectivity index (χ3n) is 7.05. The first-order chi connectivity index (χ1) is 27.4. The van der Waals surface area contributed by atoms with Crippen molar-refractivity contribution in [1.29, 1.82) is 0 Å². The number of alkyl halides is 1. The molecular formula is C44H57BrO11. The standard InChI is InChI=1S/C20H24O4.C10H12O3.C7H6O2.C4H8O.C3H7BrO/c1-21-13-15-23-19-9-5-17(6-10-19)3-4-18-7-11-20(12-8-18)24-16-14-22-2;1-12-6-7-13-10-4-2-9(8-11)3-5-10;8-5-6-1-3-7(9)4-2-6;1-2-4-5-3-1;1-5-3-2-4/h3-12H,13-16H2,1-2H3;2-5,8H,6-7H2,1H3;1-5,9H;1-4H2;2-3H2,1H3/b4-3+;;;;. The lowest BCUT2D eigenvalue weighted by Gasteiger charge is -2.06. The van der Waals surface area contributed by atoms with Crippen LogP contribution in [0.2, 0.25) is 0 Å². The molecule has 0 radical (unpaired) electrons. The Bertz CT molecular complexity index is 1460. The van der Waals surface area contributed by atoms with E-state index in [1.54, 1.807) is 64.8 Å². The minimum absolute atomic E-state index is 0.181. The molecule has 5 rings (SSSR count). The molecule has 1 heterocycles. The minimum Gasteiger partial charge on any atom is -0.508 e. The minimum atomic E-state index is 0.181. The van der Waals surface area contributed by atoms with E-state index in [9.17, 15) is 9.59 Å². The van der Waals surface area contributed by atoms with Crippen LogP contribution < -0.4 is 14.2 Å². The molecule has 1 N–H and O–H groups in total. The molecule has 1 aliphatic rings. The fraction of sp³-hybridized carbons (Fsp3) is 0.364. The van der Waals surface area contributed by atoms with Crippen LogP contribution >= 0.6 is 15.9 Å². The first kappa shape index (κ1) is 49.5. The molecule has 12 heteroatoms. The Kier molecular flexibility index (Phi) is 30.8. The zero-order valence-corrected chi connectivity index (χ0v) is 34.5. The molecule has 0 bridgehead atoms. The Morgan fingerprint density at radius 3 is 1.07 bits per heavy atom. The second kappa shape index (κ2) is 34.9. The van der Waals surface area contributed by atoms with Gasteiger partial charge in [0.15, 0.2) is 0 Å². The van der Waals surface area contributed by atoms with Gasteiger partial charge in [0.25, 0.3) is 0 Å². The maximum Gasteiger partial charge on any atom is 0.150 e. The monoisotopic (exact) mass is 840 g/mol. The van der Waals surface area contributed by atoms with Crippen molar-refractivity contribution in [2.24, 2.45) is 0 Å². The molecule has 1 aliphatic heterocycles. The Labute approximate surface area is 340 Å². The molecule has 11 nitrogen and oxygen atoms in total. The topological polar surface area (TPSA) is 128 Å². The predicted molar refractivity (Wildman–Crippen MR) is 225 cm³/mol. The van der Waals surface area contributed by atoms with Crippen molar-refractivity contribution in [3.05, 3.63) is 119 Å². The van der Waals surface area contributed by atoms with Crippen molar-refractivity contribution in [3.8, 4) is 23.0 Å². The van der Waals surface area contributed by atoms with Crippen LogP contribution in [0.1, 0.15) is 44.7 Å². The van der Waals surface area contributed by atoms with Gasteiger partial charge in [-0.1, -0.05) is 52.3 Å². The SMILES string of the molecule is C1CCOC1.COCCBr.COCCOc1ccc(/C=C/c2ccc(OCCOC)cc2)cc1.COCCOc1ccc(C=O)cc1.O=Cc1ccc(O)cc1. The number of hydrogen-bond donors (Lipinski definition) is 1. The number of halogens is 1. The fourth-order valence-electron chi connectivity index (χ4n) is 4.05. The molecule has 56 heavy (non-hydrogen) atoms. The molecule has 0 amide bonds. The molecule has 4 aromatic rings. The summed E-state index contributed by atoms with van der Waals surface area (Å²) in [7, 11) is 6.63. The average Bonchev–Trinajstić information content (AvgIpc) is 3.84. The number of hydrogen-bond acceptors (Lipinski definition) is 11. The molecule has 1 saturated heterocycles. The molecular weight excluding hydrogens is 784 g/mol. The number of carbonyl (C=O) groups is 2.